The maximum Gasteiger partial charge on any atom is 0.321 e. The van der Waals surface area contributed by atoms with Crippen LogP contribution in [0.2, 0.25) is 0 Å². The summed E-state index contributed by atoms with van der Waals surface area (Å²) in [7, 11) is 1.61. The molecule has 0 unspecified atom stereocenters. The van der Waals surface area contributed by atoms with Gasteiger partial charge < -0.3 is 15.8 Å². The number of rotatable bonds is 8. The van der Waals surface area contributed by atoms with Gasteiger partial charge in [0.25, 0.3) is 0 Å². The number of benzene rings is 1. The van der Waals surface area contributed by atoms with E-state index in [0.29, 0.717) is 12.5 Å². The van der Waals surface area contributed by atoms with Gasteiger partial charge in [0.1, 0.15) is 5.75 Å². The van der Waals surface area contributed by atoms with E-state index in [-0.39, 0.29) is 12.5 Å². The first-order valence-corrected chi connectivity index (χ1v) is 8.42. The van der Waals surface area contributed by atoms with Crippen molar-refractivity contribution < 1.29 is 14.3 Å². The Hall–Kier alpha value is -2.24. The van der Waals surface area contributed by atoms with E-state index in [4.69, 9.17) is 10.5 Å². The van der Waals surface area contributed by atoms with Crippen LogP contribution < -0.4 is 15.8 Å². The SMILES string of the molecule is COc1ccc(NCCN(C(N)=O)C(=O)[CH]CC2CCCC2)cc1. The lowest BCUT2D eigenvalue weighted by atomic mass is 10.0. The summed E-state index contributed by atoms with van der Waals surface area (Å²) in [5.41, 5.74) is 6.23. The molecule has 6 nitrogen and oxygen atoms in total. The van der Waals surface area contributed by atoms with Crippen LogP contribution in [0.5, 0.6) is 5.75 Å². The number of nitrogens with zero attached hydrogens (tertiary/aromatic N) is 1. The van der Waals surface area contributed by atoms with E-state index < -0.39 is 6.03 Å². The van der Waals surface area contributed by atoms with Crippen molar-refractivity contribution in [3.05, 3.63) is 30.7 Å². The Morgan fingerprint density at radius 1 is 1.29 bits per heavy atom. The second kappa shape index (κ2) is 9.15. The Balaban J connectivity index is 1.76. The molecule has 1 radical (unpaired) electrons. The zero-order chi connectivity index (χ0) is 17.4. The number of carbonyl (C=O) groups is 2. The number of anilines is 1. The third-order valence-electron chi connectivity index (χ3n) is 4.39. The molecule has 6 heteroatoms. The number of primary amides is 1. The van der Waals surface area contributed by atoms with Crippen LogP contribution in [0.15, 0.2) is 24.3 Å². The van der Waals surface area contributed by atoms with Crippen molar-refractivity contribution in [1.82, 2.24) is 4.90 Å². The smallest absolute Gasteiger partial charge is 0.321 e. The number of carbonyl (C=O) groups excluding carboxylic acids is 2. The molecule has 1 aromatic rings. The van der Waals surface area contributed by atoms with Gasteiger partial charge >= 0.3 is 6.03 Å². The molecule has 1 saturated carbocycles. The molecular weight excluding hydrogens is 306 g/mol. The third-order valence-corrected chi connectivity index (χ3v) is 4.39. The molecule has 1 aliphatic rings. The Morgan fingerprint density at radius 2 is 1.96 bits per heavy atom. The van der Waals surface area contributed by atoms with Crippen molar-refractivity contribution in [2.75, 3.05) is 25.5 Å². The standard InChI is InChI=1S/C18H26N3O3/c1-24-16-9-7-15(8-10-16)20-12-13-21(18(19)23)17(22)11-6-14-4-2-3-5-14/h7-11,14,20H,2-6,12-13H2,1H3,(H2,19,23). The fourth-order valence-corrected chi connectivity index (χ4v) is 2.97. The Bertz CT molecular complexity index is 539. The van der Waals surface area contributed by atoms with Crippen molar-refractivity contribution in [3.63, 3.8) is 0 Å². The lowest BCUT2D eigenvalue weighted by Gasteiger charge is -2.20. The van der Waals surface area contributed by atoms with Gasteiger partial charge in [0.05, 0.1) is 13.5 Å². The molecule has 0 atom stereocenters. The van der Waals surface area contributed by atoms with Gasteiger partial charge in [-0.1, -0.05) is 25.7 Å². The van der Waals surface area contributed by atoms with Crippen LogP contribution in [-0.4, -0.2) is 37.0 Å². The number of nitrogens with two attached hydrogens (primary N) is 1. The average Bonchev–Trinajstić information content (AvgIpc) is 3.10. The Labute approximate surface area is 143 Å². The maximum atomic E-state index is 12.2. The number of methoxy groups -OCH3 is 1. The van der Waals surface area contributed by atoms with Crippen LogP contribution in [0.1, 0.15) is 32.1 Å². The van der Waals surface area contributed by atoms with E-state index in [1.807, 2.05) is 24.3 Å². The normalized spacial score (nSPS) is 14.4. The number of urea groups is 1. The van der Waals surface area contributed by atoms with Gasteiger partial charge in [0.2, 0.25) is 5.91 Å². The van der Waals surface area contributed by atoms with Gasteiger partial charge in [-0.15, -0.1) is 0 Å². The molecule has 0 heterocycles. The van der Waals surface area contributed by atoms with Crippen LogP contribution >= 0.6 is 0 Å². The monoisotopic (exact) mass is 332 g/mol. The number of ether oxygens (including phenoxy) is 1. The molecule has 3 N–H and O–H groups in total. The summed E-state index contributed by atoms with van der Waals surface area (Å²) in [4.78, 5) is 24.8. The second-order valence-corrected chi connectivity index (χ2v) is 6.07. The second-order valence-electron chi connectivity index (χ2n) is 6.07. The van der Waals surface area contributed by atoms with E-state index in [1.54, 1.807) is 13.5 Å². The summed E-state index contributed by atoms with van der Waals surface area (Å²) in [5, 5.41) is 3.16. The largest absolute Gasteiger partial charge is 0.497 e. The molecule has 2 rings (SSSR count). The van der Waals surface area contributed by atoms with Crippen molar-refractivity contribution in [1.29, 1.82) is 0 Å². The zero-order valence-electron chi connectivity index (χ0n) is 14.2. The first-order valence-electron chi connectivity index (χ1n) is 8.42. The van der Waals surface area contributed by atoms with Crippen molar-refractivity contribution in [2.24, 2.45) is 11.7 Å². The molecule has 3 amide bonds. The van der Waals surface area contributed by atoms with Crippen LogP contribution in [0.3, 0.4) is 0 Å². The Kier molecular flexibility index (Phi) is 6.90. The topological polar surface area (TPSA) is 84.7 Å². The van der Waals surface area contributed by atoms with Gasteiger partial charge in [-0.2, -0.15) is 0 Å². The summed E-state index contributed by atoms with van der Waals surface area (Å²) in [6, 6.07) is 6.73. The van der Waals surface area contributed by atoms with E-state index >= 15 is 0 Å². The molecule has 24 heavy (non-hydrogen) atoms. The summed E-state index contributed by atoms with van der Waals surface area (Å²) >= 11 is 0. The van der Waals surface area contributed by atoms with Gasteiger partial charge in [0.15, 0.2) is 0 Å². The van der Waals surface area contributed by atoms with Crippen LogP contribution in [0.4, 0.5) is 10.5 Å². The molecule has 0 saturated heterocycles. The highest BCUT2D eigenvalue weighted by Gasteiger charge is 2.21. The number of hydrogen-bond donors (Lipinski definition) is 2. The van der Waals surface area contributed by atoms with Gasteiger partial charge in [0, 0.05) is 18.8 Å². The number of hydrogen-bond acceptors (Lipinski definition) is 4. The average molecular weight is 332 g/mol. The molecule has 0 bridgehead atoms. The predicted octanol–water partition coefficient (Wildman–Crippen LogP) is 2.80. The molecule has 1 aromatic carbocycles. The number of amides is 3. The fourth-order valence-electron chi connectivity index (χ4n) is 2.97. The summed E-state index contributed by atoms with van der Waals surface area (Å²) in [5.74, 6) is 1.04. The lowest BCUT2D eigenvalue weighted by Crippen LogP contribution is -2.43. The number of imide groups is 1. The molecule has 1 aliphatic carbocycles. The molecule has 131 valence electrons. The molecule has 1 fully saturated rings. The first-order chi connectivity index (χ1) is 11.6. The predicted molar refractivity (Wildman–Crippen MR) is 93.7 cm³/mol. The Morgan fingerprint density at radius 3 is 2.54 bits per heavy atom. The van der Waals surface area contributed by atoms with Crippen molar-refractivity contribution in [2.45, 2.75) is 32.1 Å². The zero-order valence-corrected chi connectivity index (χ0v) is 14.2. The van der Waals surface area contributed by atoms with Gasteiger partial charge in [-0.05, 0) is 36.6 Å². The molecular formula is C18H26N3O3. The fraction of sp³-hybridized carbons (Fsp3) is 0.500. The van der Waals surface area contributed by atoms with Crippen LogP contribution in [-0.2, 0) is 4.79 Å². The van der Waals surface area contributed by atoms with E-state index in [1.165, 1.54) is 25.7 Å². The summed E-state index contributed by atoms with van der Waals surface area (Å²) < 4.78 is 5.10. The van der Waals surface area contributed by atoms with E-state index in [0.717, 1.165) is 22.8 Å². The summed E-state index contributed by atoms with van der Waals surface area (Å²) in [6.45, 7) is 0.680. The molecule has 0 aliphatic heterocycles. The van der Waals surface area contributed by atoms with Crippen molar-refractivity contribution in [3.8, 4) is 5.75 Å². The highest BCUT2D eigenvalue weighted by atomic mass is 16.5. The lowest BCUT2D eigenvalue weighted by molar-refractivity contribution is -0.124. The molecule has 0 spiro atoms. The van der Waals surface area contributed by atoms with Crippen LogP contribution in [0.25, 0.3) is 0 Å². The van der Waals surface area contributed by atoms with E-state index in [2.05, 4.69) is 5.32 Å². The third kappa shape index (κ3) is 5.44. The minimum absolute atomic E-state index is 0.237. The quantitative estimate of drug-likeness (QED) is 0.766. The highest BCUT2D eigenvalue weighted by molar-refractivity contribution is 5.98. The van der Waals surface area contributed by atoms with Crippen molar-refractivity contribution >= 4 is 17.6 Å². The maximum absolute atomic E-state index is 12.2. The minimum Gasteiger partial charge on any atom is -0.497 e. The highest BCUT2D eigenvalue weighted by Crippen LogP contribution is 2.28. The minimum atomic E-state index is -0.709. The van der Waals surface area contributed by atoms with Gasteiger partial charge in [-0.3, -0.25) is 9.69 Å². The van der Waals surface area contributed by atoms with Crippen LogP contribution in [0, 0.1) is 12.3 Å². The van der Waals surface area contributed by atoms with E-state index in [9.17, 15) is 9.59 Å². The first kappa shape index (κ1) is 18.1. The number of nitrogens with one attached hydrogen (secondary N) is 1. The summed E-state index contributed by atoms with van der Waals surface area (Å²) in [6.07, 6.45) is 7.14. The molecule has 0 aromatic heterocycles. The van der Waals surface area contributed by atoms with Gasteiger partial charge in [-0.25, -0.2) is 4.79 Å².